The highest BCUT2D eigenvalue weighted by Crippen LogP contribution is 2.56. The van der Waals surface area contributed by atoms with Crippen LogP contribution in [0.25, 0.3) is 0 Å². The van der Waals surface area contributed by atoms with Gasteiger partial charge in [0, 0.05) is 0 Å². The molecule has 2 aromatic rings. The quantitative estimate of drug-likeness (QED) is 0.798. The number of ether oxygens (including phenoxy) is 2. The highest BCUT2D eigenvalue weighted by molar-refractivity contribution is 6.07. The van der Waals surface area contributed by atoms with E-state index in [2.05, 4.69) is 12.6 Å². The number of nitrogens with zero attached hydrogens (tertiary/aromatic N) is 1. The molecule has 1 saturated heterocycles. The minimum Gasteiger partial charge on any atom is -0.462 e. The van der Waals surface area contributed by atoms with E-state index in [9.17, 15) is 10.1 Å². The molecule has 2 aliphatic heterocycles. The Balaban J connectivity index is 1.99. The number of rotatable bonds is 2. The number of carbonyl (C=O) groups excluding carboxylic acids is 1. The molecule has 0 amide bonds. The fraction of sp³-hybridized carbons (Fsp3) is 0.200. The molecule has 0 N–H and O–H groups in total. The van der Waals surface area contributed by atoms with Crippen LogP contribution in [-0.2, 0) is 10.2 Å². The molecule has 0 aromatic heterocycles. The Morgan fingerprint density at radius 2 is 1.88 bits per heavy atom. The second-order valence-electron chi connectivity index (χ2n) is 6.05. The second-order valence-corrected chi connectivity index (χ2v) is 6.05. The van der Waals surface area contributed by atoms with Gasteiger partial charge in [0.25, 0.3) is 0 Å². The van der Waals surface area contributed by atoms with Crippen molar-refractivity contribution >= 4 is 5.78 Å². The zero-order chi connectivity index (χ0) is 16.8. The van der Waals surface area contributed by atoms with Gasteiger partial charge in [-0.25, -0.2) is 0 Å². The van der Waals surface area contributed by atoms with E-state index in [-0.39, 0.29) is 12.4 Å². The zero-order valence-corrected chi connectivity index (χ0v) is 12.9. The van der Waals surface area contributed by atoms with Crippen LogP contribution in [0.4, 0.5) is 0 Å². The number of nitriles is 1. The summed E-state index contributed by atoms with van der Waals surface area (Å²) >= 11 is 0. The number of Topliss-reactive ketones (excluding diaryl/α,β-unsaturated/α-hetero) is 1. The Morgan fingerprint density at radius 1 is 1.17 bits per heavy atom. The van der Waals surface area contributed by atoms with Gasteiger partial charge in [0.15, 0.2) is 11.2 Å². The van der Waals surface area contributed by atoms with Crippen molar-refractivity contribution in [3.05, 3.63) is 78.4 Å². The Hall–Kier alpha value is -2.90. The topological polar surface area (TPSA) is 59.3 Å². The maximum Gasteiger partial charge on any atom is 0.227 e. The molecule has 0 bridgehead atoms. The highest BCUT2D eigenvalue weighted by Gasteiger charge is 2.69. The molecule has 4 nitrogen and oxygen atoms in total. The Labute approximate surface area is 139 Å². The number of benzene rings is 2. The van der Waals surface area contributed by atoms with E-state index in [0.717, 1.165) is 5.56 Å². The van der Waals surface area contributed by atoms with Crippen molar-refractivity contribution < 1.29 is 14.3 Å². The van der Waals surface area contributed by atoms with Crippen LogP contribution in [0.15, 0.2) is 67.3 Å². The van der Waals surface area contributed by atoms with Crippen LogP contribution in [0.3, 0.4) is 0 Å². The fourth-order valence-electron chi connectivity index (χ4n) is 3.76. The molecule has 0 spiro atoms. The van der Waals surface area contributed by atoms with Gasteiger partial charge in [-0.2, -0.15) is 5.26 Å². The van der Waals surface area contributed by atoms with E-state index in [0.29, 0.717) is 11.3 Å². The number of hydrogen-bond acceptors (Lipinski definition) is 4. The fourth-order valence-corrected chi connectivity index (χ4v) is 3.76. The summed E-state index contributed by atoms with van der Waals surface area (Å²) in [6.45, 7) is 4.09. The van der Waals surface area contributed by atoms with Crippen molar-refractivity contribution in [2.45, 2.75) is 11.7 Å². The number of para-hydroxylation sites is 1. The summed E-state index contributed by atoms with van der Waals surface area (Å²) in [6, 6.07) is 18.6. The average Bonchev–Trinajstić information content (AvgIpc) is 2.98. The summed E-state index contributed by atoms with van der Waals surface area (Å²) in [5.74, 6) is 0.171. The molecule has 3 atom stereocenters. The first kappa shape index (κ1) is 14.7. The first-order valence-electron chi connectivity index (χ1n) is 7.72. The van der Waals surface area contributed by atoms with E-state index >= 15 is 0 Å². The van der Waals surface area contributed by atoms with Gasteiger partial charge in [0.05, 0.1) is 23.7 Å². The van der Waals surface area contributed by atoms with E-state index in [4.69, 9.17) is 9.47 Å². The van der Waals surface area contributed by atoms with Crippen LogP contribution in [0.5, 0.6) is 5.75 Å². The summed E-state index contributed by atoms with van der Waals surface area (Å²) in [7, 11) is 0. The number of ketones is 1. The molecule has 2 aromatic carbocycles. The minimum atomic E-state index is -1.50. The van der Waals surface area contributed by atoms with Crippen LogP contribution < -0.4 is 4.74 Å². The molecule has 118 valence electrons. The standard InChI is InChI=1S/C20H15NO3/c1-2-19(14-8-4-3-5-9-14)13-23-18-20(19,12-21)17(22)15-10-6-7-11-16(15)24-18/h2-11,18H,1,13H2/t18?,19-,20?/m1/s1. The Morgan fingerprint density at radius 3 is 2.58 bits per heavy atom. The lowest BCUT2D eigenvalue weighted by Crippen LogP contribution is -2.55. The molecule has 4 heteroatoms. The molecule has 1 fully saturated rings. The lowest BCUT2D eigenvalue weighted by Gasteiger charge is -2.41. The van der Waals surface area contributed by atoms with Gasteiger partial charge in [-0.1, -0.05) is 48.5 Å². The van der Waals surface area contributed by atoms with Gasteiger partial charge in [-0.15, -0.1) is 6.58 Å². The molecule has 2 unspecified atom stereocenters. The van der Waals surface area contributed by atoms with Crippen molar-refractivity contribution in [3.8, 4) is 11.8 Å². The van der Waals surface area contributed by atoms with Crippen LogP contribution in [-0.4, -0.2) is 18.7 Å². The monoisotopic (exact) mass is 317 g/mol. The smallest absolute Gasteiger partial charge is 0.227 e. The Kier molecular flexibility index (Phi) is 3.09. The van der Waals surface area contributed by atoms with Gasteiger partial charge in [-0.05, 0) is 17.7 Å². The normalized spacial score (nSPS) is 30.6. The molecule has 2 aliphatic rings. The van der Waals surface area contributed by atoms with Crippen molar-refractivity contribution in [1.29, 1.82) is 5.26 Å². The number of hydrogen-bond donors (Lipinski definition) is 0. The average molecular weight is 317 g/mol. The van der Waals surface area contributed by atoms with Crippen molar-refractivity contribution in [1.82, 2.24) is 0 Å². The Bertz CT molecular complexity index is 870. The van der Waals surface area contributed by atoms with Gasteiger partial charge in [-0.3, -0.25) is 4.79 Å². The molecule has 2 heterocycles. The first-order chi connectivity index (χ1) is 11.7. The SMILES string of the molecule is C=C[C@]1(c2ccccc2)COC2Oc3ccccc3C(=O)C21C#N. The van der Waals surface area contributed by atoms with Gasteiger partial charge in [0.1, 0.15) is 5.75 Å². The largest absolute Gasteiger partial charge is 0.462 e. The minimum absolute atomic E-state index is 0.165. The lowest BCUT2D eigenvalue weighted by atomic mass is 9.58. The van der Waals surface area contributed by atoms with E-state index in [1.807, 2.05) is 30.3 Å². The highest BCUT2D eigenvalue weighted by atomic mass is 16.7. The van der Waals surface area contributed by atoms with Crippen molar-refractivity contribution in [3.63, 3.8) is 0 Å². The summed E-state index contributed by atoms with van der Waals surface area (Å²) < 4.78 is 11.7. The number of carbonyl (C=O) groups is 1. The second kappa shape index (κ2) is 5.05. The summed E-state index contributed by atoms with van der Waals surface area (Å²) in [4.78, 5) is 13.4. The van der Waals surface area contributed by atoms with Gasteiger partial charge < -0.3 is 9.47 Å². The molecule has 0 aliphatic carbocycles. The molecule has 0 radical (unpaired) electrons. The maximum atomic E-state index is 13.4. The van der Waals surface area contributed by atoms with Crippen molar-refractivity contribution in [2.24, 2.45) is 5.41 Å². The van der Waals surface area contributed by atoms with Crippen LogP contribution in [0, 0.1) is 16.7 Å². The lowest BCUT2D eigenvalue weighted by molar-refractivity contribution is -0.0777. The third-order valence-corrected chi connectivity index (χ3v) is 5.06. The molecule has 4 rings (SSSR count). The predicted octanol–water partition coefficient (Wildman–Crippen LogP) is 3.25. The van der Waals surface area contributed by atoms with Crippen molar-refractivity contribution in [2.75, 3.05) is 6.61 Å². The molecular formula is C20H15NO3. The first-order valence-corrected chi connectivity index (χ1v) is 7.72. The third-order valence-electron chi connectivity index (χ3n) is 5.06. The van der Waals surface area contributed by atoms with Crippen LogP contribution in [0.1, 0.15) is 15.9 Å². The van der Waals surface area contributed by atoms with Crippen LogP contribution in [0.2, 0.25) is 0 Å². The third kappa shape index (κ3) is 1.57. The molecule has 0 saturated carbocycles. The summed E-state index contributed by atoms with van der Waals surface area (Å²) in [6.07, 6.45) is 0.698. The van der Waals surface area contributed by atoms with E-state index in [1.165, 1.54) is 0 Å². The predicted molar refractivity (Wildman–Crippen MR) is 87.5 cm³/mol. The zero-order valence-electron chi connectivity index (χ0n) is 12.9. The van der Waals surface area contributed by atoms with Gasteiger partial charge in [0.2, 0.25) is 6.29 Å². The van der Waals surface area contributed by atoms with E-state index < -0.39 is 17.1 Å². The van der Waals surface area contributed by atoms with E-state index in [1.54, 1.807) is 30.3 Å². The summed E-state index contributed by atoms with van der Waals surface area (Å²) in [5.41, 5.74) is -1.23. The van der Waals surface area contributed by atoms with Gasteiger partial charge >= 0.3 is 0 Å². The number of fused-ring (bicyclic) bond motifs is 2. The maximum absolute atomic E-state index is 13.4. The molecular weight excluding hydrogens is 302 g/mol. The summed E-state index contributed by atoms with van der Waals surface area (Å²) in [5, 5.41) is 10.1. The molecule has 24 heavy (non-hydrogen) atoms. The van der Waals surface area contributed by atoms with Crippen LogP contribution >= 0.6 is 0 Å².